The summed E-state index contributed by atoms with van der Waals surface area (Å²) in [5.41, 5.74) is 1.94. The van der Waals surface area contributed by atoms with Crippen molar-refractivity contribution in [2.24, 2.45) is 17.0 Å². The fraction of sp³-hybridized carbons (Fsp3) is 0.385. The van der Waals surface area contributed by atoms with Gasteiger partial charge in [0, 0.05) is 12.3 Å². The third-order valence-electron chi connectivity index (χ3n) is 3.56. The topological polar surface area (TPSA) is 58.9 Å². The van der Waals surface area contributed by atoms with Gasteiger partial charge in [0.2, 0.25) is 0 Å². The summed E-state index contributed by atoms with van der Waals surface area (Å²) in [7, 11) is 0. The first-order valence-corrected chi connectivity index (χ1v) is 5.77. The molecule has 1 aliphatic heterocycles. The molecule has 0 bridgehead atoms. The summed E-state index contributed by atoms with van der Waals surface area (Å²) in [6.07, 6.45) is 1.15. The summed E-state index contributed by atoms with van der Waals surface area (Å²) < 4.78 is 0. The molecule has 1 fully saturated rings. The molecular formula is C13H13NO3. The Morgan fingerprint density at radius 2 is 2.06 bits per heavy atom. The van der Waals surface area contributed by atoms with E-state index in [0.717, 1.165) is 11.3 Å². The number of nitrogens with zero attached hydrogens (tertiary/aromatic N) is 1. The summed E-state index contributed by atoms with van der Waals surface area (Å²) >= 11 is 0. The van der Waals surface area contributed by atoms with Crippen molar-refractivity contribution in [3.8, 4) is 0 Å². The predicted octanol–water partition coefficient (Wildman–Crippen LogP) is 1.90. The second kappa shape index (κ2) is 3.87. The maximum atomic E-state index is 11.0. The fourth-order valence-corrected chi connectivity index (χ4v) is 2.67. The van der Waals surface area contributed by atoms with E-state index >= 15 is 0 Å². The van der Waals surface area contributed by atoms with E-state index in [-0.39, 0.29) is 17.9 Å². The van der Waals surface area contributed by atoms with E-state index in [1.54, 1.807) is 0 Å². The summed E-state index contributed by atoms with van der Waals surface area (Å²) in [6, 6.07) is 9.83. The molecule has 0 spiro atoms. The lowest BCUT2D eigenvalue weighted by Crippen LogP contribution is -2.17. The van der Waals surface area contributed by atoms with Gasteiger partial charge in [-0.25, -0.2) is 0 Å². The van der Waals surface area contributed by atoms with Gasteiger partial charge in [-0.15, -0.1) is 0 Å². The van der Waals surface area contributed by atoms with Crippen LogP contribution in [0, 0.1) is 11.8 Å². The maximum absolute atomic E-state index is 11.0. The number of oxime groups is 1. The molecule has 3 atom stereocenters. The molecule has 0 radical (unpaired) electrons. The van der Waals surface area contributed by atoms with Crippen LogP contribution in [-0.2, 0) is 9.63 Å². The molecule has 17 heavy (non-hydrogen) atoms. The number of carboxylic acids is 1. The SMILES string of the molecule is O=C(O)[C@H]1C[C@@H]2ON=C(c3ccccc3)[C@@H]2C1. The molecule has 3 rings (SSSR count). The molecule has 4 heteroatoms. The zero-order valence-corrected chi connectivity index (χ0v) is 9.24. The largest absolute Gasteiger partial charge is 0.481 e. The molecular weight excluding hydrogens is 218 g/mol. The molecule has 1 saturated carbocycles. The minimum absolute atomic E-state index is 0.0497. The number of aliphatic carboxylic acids is 1. The van der Waals surface area contributed by atoms with Crippen LogP contribution >= 0.6 is 0 Å². The number of hydrogen-bond acceptors (Lipinski definition) is 3. The Labute approximate surface area is 98.9 Å². The number of carboxylic acid groups (broad SMARTS) is 1. The third-order valence-corrected chi connectivity index (χ3v) is 3.56. The van der Waals surface area contributed by atoms with Gasteiger partial charge in [-0.3, -0.25) is 4.79 Å². The Morgan fingerprint density at radius 1 is 1.29 bits per heavy atom. The van der Waals surface area contributed by atoms with Crippen molar-refractivity contribution < 1.29 is 14.7 Å². The van der Waals surface area contributed by atoms with Crippen LogP contribution in [0.15, 0.2) is 35.5 Å². The molecule has 88 valence electrons. The van der Waals surface area contributed by atoms with Crippen molar-refractivity contribution in [2.75, 3.05) is 0 Å². The summed E-state index contributed by atoms with van der Waals surface area (Å²) in [5.74, 6) is -0.881. The van der Waals surface area contributed by atoms with Crippen molar-refractivity contribution in [1.82, 2.24) is 0 Å². The lowest BCUT2D eigenvalue weighted by Gasteiger charge is -2.08. The van der Waals surface area contributed by atoms with Crippen LogP contribution in [0.3, 0.4) is 0 Å². The van der Waals surface area contributed by atoms with Crippen LogP contribution < -0.4 is 0 Å². The molecule has 0 saturated heterocycles. The van der Waals surface area contributed by atoms with Crippen LogP contribution in [0.25, 0.3) is 0 Å². The molecule has 2 aliphatic rings. The van der Waals surface area contributed by atoms with Crippen molar-refractivity contribution >= 4 is 11.7 Å². The van der Waals surface area contributed by atoms with E-state index in [1.807, 2.05) is 30.3 Å². The van der Waals surface area contributed by atoms with E-state index in [2.05, 4.69) is 5.16 Å². The zero-order chi connectivity index (χ0) is 11.8. The minimum Gasteiger partial charge on any atom is -0.481 e. The first-order chi connectivity index (χ1) is 8.25. The highest BCUT2D eigenvalue weighted by atomic mass is 16.6. The summed E-state index contributed by atoms with van der Waals surface area (Å²) in [5, 5.41) is 13.1. The van der Waals surface area contributed by atoms with Gasteiger partial charge in [0.15, 0.2) is 0 Å². The van der Waals surface area contributed by atoms with E-state index in [9.17, 15) is 4.79 Å². The lowest BCUT2D eigenvalue weighted by atomic mass is 9.94. The van der Waals surface area contributed by atoms with Crippen molar-refractivity contribution in [2.45, 2.75) is 18.9 Å². The second-order valence-electron chi connectivity index (χ2n) is 4.60. The van der Waals surface area contributed by atoms with Crippen LogP contribution in [0.4, 0.5) is 0 Å². The minimum atomic E-state index is -0.726. The predicted molar refractivity (Wildman–Crippen MR) is 61.7 cm³/mol. The lowest BCUT2D eigenvalue weighted by molar-refractivity contribution is -0.141. The highest BCUT2D eigenvalue weighted by Crippen LogP contribution is 2.39. The fourth-order valence-electron chi connectivity index (χ4n) is 2.67. The Bertz CT molecular complexity index is 469. The summed E-state index contributed by atoms with van der Waals surface area (Å²) in [4.78, 5) is 16.3. The van der Waals surface area contributed by atoms with E-state index in [1.165, 1.54) is 0 Å². The van der Waals surface area contributed by atoms with E-state index < -0.39 is 5.97 Å². The van der Waals surface area contributed by atoms with E-state index in [4.69, 9.17) is 9.94 Å². The van der Waals surface area contributed by atoms with Gasteiger partial charge in [0.05, 0.1) is 11.6 Å². The van der Waals surface area contributed by atoms with Gasteiger partial charge in [-0.2, -0.15) is 0 Å². The highest BCUT2D eigenvalue weighted by molar-refractivity contribution is 6.03. The van der Waals surface area contributed by atoms with Gasteiger partial charge < -0.3 is 9.94 Å². The first kappa shape index (κ1) is 10.3. The number of rotatable bonds is 2. The molecule has 1 heterocycles. The zero-order valence-electron chi connectivity index (χ0n) is 9.24. The Balaban J connectivity index is 1.84. The van der Waals surface area contributed by atoms with Crippen LogP contribution in [0.1, 0.15) is 18.4 Å². The smallest absolute Gasteiger partial charge is 0.306 e. The Kier molecular flexibility index (Phi) is 2.35. The van der Waals surface area contributed by atoms with E-state index in [0.29, 0.717) is 12.8 Å². The number of carbonyl (C=O) groups is 1. The van der Waals surface area contributed by atoms with Crippen molar-refractivity contribution in [3.63, 3.8) is 0 Å². The van der Waals surface area contributed by atoms with Gasteiger partial charge in [-0.05, 0) is 12.0 Å². The highest BCUT2D eigenvalue weighted by Gasteiger charge is 2.45. The van der Waals surface area contributed by atoms with Gasteiger partial charge >= 0.3 is 5.97 Å². The van der Waals surface area contributed by atoms with Crippen LogP contribution in [0.5, 0.6) is 0 Å². The second-order valence-corrected chi connectivity index (χ2v) is 4.60. The third kappa shape index (κ3) is 1.69. The molecule has 0 amide bonds. The van der Waals surface area contributed by atoms with Crippen LogP contribution in [0.2, 0.25) is 0 Å². The van der Waals surface area contributed by atoms with Crippen molar-refractivity contribution in [3.05, 3.63) is 35.9 Å². The molecule has 0 aromatic heterocycles. The Morgan fingerprint density at radius 3 is 2.76 bits per heavy atom. The quantitative estimate of drug-likeness (QED) is 0.845. The monoisotopic (exact) mass is 231 g/mol. The normalized spacial score (nSPS) is 30.6. The number of hydrogen-bond donors (Lipinski definition) is 1. The van der Waals surface area contributed by atoms with Crippen LogP contribution in [-0.4, -0.2) is 22.9 Å². The van der Waals surface area contributed by atoms with Crippen molar-refractivity contribution in [1.29, 1.82) is 0 Å². The molecule has 1 N–H and O–H groups in total. The number of fused-ring (bicyclic) bond motifs is 1. The average Bonchev–Trinajstić information content (AvgIpc) is 2.89. The molecule has 1 aromatic carbocycles. The molecule has 0 unspecified atom stereocenters. The molecule has 1 aliphatic carbocycles. The summed E-state index contributed by atoms with van der Waals surface area (Å²) in [6.45, 7) is 0. The first-order valence-electron chi connectivity index (χ1n) is 5.77. The van der Waals surface area contributed by atoms with Gasteiger partial charge in [-0.1, -0.05) is 35.5 Å². The van der Waals surface area contributed by atoms with Gasteiger partial charge in [0.1, 0.15) is 6.10 Å². The average molecular weight is 231 g/mol. The number of benzene rings is 1. The maximum Gasteiger partial charge on any atom is 0.306 e. The standard InChI is InChI=1S/C13H13NO3/c15-13(16)9-6-10-11(7-9)17-14-12(10)8-4-2-1-3-5-8/h1-5,9-11H,6-7H2,(H,15,16)/t9-,10-,11+/m1/s1. The Hall–Kier alpha value is -1.84. The van der Waals surface area contributed by atoms with Gasteiger partial charge in [0.25, 0.3) is 0 Å². The molecule has 1 aromatic rings. The molecule has 4 nitrogen and oxygen atoms in total.